The lowest BCUT2D eigenvalue weighted by Crippen LogP contribution is -2.07. The normalized spacial score (nSPS) is 11.1. The number of rotatable bonds is 4. The zero-order valence-electron chi connectivity index (χ0n) is 18.5. The topological polar surface area (TPSA) is 72.9 Å². The first kappa shape index (κ1) is 22.2. The number of imidazole rings is 1. The van der Waals surface area contributed by atoms with E-state index in [2.05, 4.69) is 10.3 Å². The van der Waals surface area contributed by atoms with Crippen molar-refractivity contribution in [1.29, 1.82) is 0 Å². The molecular weight excluding hydrogens is 453 g/mol. The molecule has 35 heavy (non-hydrogen) atoms. The molecule has 0 atom stereocenters. The van der Waals surface area contributed by atoms with Gasteiger partial charge in [0.2, 0.25) is 5.91 Å². The van der Waals surface area contributed by atoms with Crippen LogP contribution in [-0.2, 0) is 4.79 Å². The molecule has 0 aliphatic heterocycles. The SMILES string of the molecule is CC(=O)Nc1cc(-c2ccc(F)cc2F)cc(-n2cnc3cc(-c4ccc(N)c(F)c4)ccc32)c1. The molecule has 0 aliphatic rings. The lowest BCUT2D eigenvalue weighted by Gasteiger charge is -2.13. The van der Waals surface area contributed by atoms with Crippen molar-refractivity contribution in [3.05, 3.63) is 96.6 Å². The van der Waals surface area contributed by atoms with Gasteiger partial charge in [-0.2, -0.15) is 0 Å². The van der Waals surface area contributed by atoms with E-state index in [4.69, 9.17) is 5.73 Å². The highest BCUT2D eigenvalue weighted by molar-refractivity contribution is 5.91. The molecule has 0 fully saturated rings. The summed E-state index contributed by atoms with van der Waals surface area (Å²) in [6.45, 7) is 1.37. The molecule has 0 unspecified atom stereocenters. The van der Waals surface area contributed by atoms with E-state index in [1.165, 1.54) is 31.2 Å². The number of fused-ring (bicyclic) bond motifs is 1. The van der Waals surface area contributed by atoms with Crippen molar-refractivity contribution < 1.29 is 18.0 Å². The van der Waals surface area contributed by atoms with Crippen LogP contribution in [0.3, 0.4) is 0 Å². The van der Waals surface area contributed by atoms with Crippen LogP contribution in [0.1, 0.15) is 6.92 Å². The summed E-state index contributed by atoms with van der Waals surface area (Å²) in [5.74, 6) is -2.18. The zero-order chi connectivity index (χ0) is 24.7. The highest BCUT2D eigenvalue weighted by Gasteiger charge is 2.13. The number of nitrogens with two attached hydrogens (primary N) is 1. The molecule has 4 aromatic carbocycles. The summed E-state index contributed by atoms with van der Waals surface area (Å²) in [6, 6.07) is 18.5. The molecule has 5 nitrogen and oxygen atoms in total. The van der Waals surface area contributed by atoms with Crippen LogP contribution in [0.25, 0.3) is 39.0 Å². The van der Waals surface area contributed by atoms with Crippen molar-refractivity contribution in [3.63, 3.8) is 0 Å². The number of halogens is 3. The van der Waals surface area contributed by atoms with E-state index in [9.17, 15) is 18.0 Å². The third-order valence-electron chi connectivity index (χ3n) is 5.64. The Morgan fingerprint density at radius 1 is 0.857 bits per heavy atom. The van der Waals surface area contributed by atoms with Gasteiger partial charge in [0.15, 0.2) is 0 Å². The van der Waals surface area contributed by atoms with E-state index in [0.717, 1.165) is 17.1 Å². The first-order chi connectivity index (χ1) is 16.8. The molecule has 0 aliphatic carbocycles. The fourth-order valence-corrected chi connectivity index (χ4v) is 4.01. The van der Waals surface area contributed by atoms with E-state index in [1.807, 2.05) is 18.2 Å². The van der Waals surface area contributed by atoms with E-state index in [0.29, 0.717) is 28.0 Å². The average molecular weight is 472 g/mol. The maximum Gasteiger partial charge on any atom is 0.221 e. The Morgan fingerprint density at radius 2 is 1.63 bits per heavy atom. The Bertz CT molecular complexity index is 1610. The second-order valence-electron chi connectivity index (χ2n) is 8.13. The number of aromatic nitrogens is 2. The predicted octanol–water partition coefficient (Wildman–Crippen LogP) is 6.32. The van der Waals surface area contributed by atoms with Gasteiger partial charge in [0.05, 0.1) is 16.7 Å². The van der Waals surface area contributed by atoms with Gasteiger partial charge in [-0.3, -0.25) is 9.36 Å². The number of hydrogen-bond acceptors (Lipinski definition) is 3. The van der Waals surface area contributed by atoms with Gasteiger partial charge in [0.1, 0.15) is 23.8 Å². The Balaban J connectivity index is 1.62. The molecule has 1 aromatic heterocycles. The molecule has 8 heteroatoms. The summed E-state index contributed by atoms with van der Waals surface area (Å²) < 4.78 is 43.7. The Hall–Kier alpha value is -4.59. The number of amides is 1. The van der Waals surface area contributed by atoms with Gasteiger partial charge in [0, 0.05) is 29.9 Å². The van der Waals surface area contributed by atoms with Gasteiger partial charge < -0.3 is 11.1 Å². The van der Waals surface area contributed by atoms with Crippen molar-refractivity contribution in [2.45, 2.75) is 6.92 Å². The number of hydrogen-bond donors (Lipinski definition) is 2. The van der Waals surface area contributed by atoms with Crippen molar-refractivity contribution in [2.24, 2.45) is 0 Å². The van der Waals surface area contributed by atoms with Crippen molar-refractivity contribution >= 4 is 28.3 Å². The minimum atomic E-state index is -0.716. The van der Waals surface area contributed by atoms with Gasteiger partial charge >= 0.3 is 0 Å². The Labute approximate surface area is 198 Å². The van der Waals surface area contributed by atoms with E-state index >= 15 is 0 Å². The molecule has 0 radical (unpaired) electrons. The number of benzene rings is 4. The van der Waals surface area contributed by atoms with Crippen LogP contribution in [0, 0.1) is 17.5 Å². The standard InChI is InChI=1S/C27H19F3N4O/c1-15(35)33-20-8-18(22-5-4-19(28)12-23(22)29)9-21(13-20)34-14-32-26-11-17(3-7-27(26)34)16-2-6-25(31)24(30)10-16/h2-14H,31H2,1H3,(H,33,35). The van der Waals surface area contributed by atoms with Gasteiger partial charge in [-0.05, 0) is 71.3 Å². The molecule has 5 aromatic rings. The van der Waals surface area contributed by atoms with E-state index < -0.39 is 17.5 Å². The van der Waals surface area contributed by atoms with Gasteiger partial charge in [-0.15, -0.1) is 0 Å². The van der Waals surface area contributed by atoms with Crippen LogP contribution in [0.5, 0.6) is 0 Å². The smallest absolute Gasteiger partial charge is 0.221 e. The highest BCUT2D eigenvalue weighted by atomic mass is 19.1. The van der Waals surface area contributed by atoms with E-state index in [1.54, 1.807) is 35.2 Å². The number of carbonyl (C=O) groups excluding carboxylic acids is 1. The fourth-order valence-electron chi connectivity index (χ4n) is 4.01. The lowest BCUT2D eigenvalue weighted by atomic mass is 10.0. The summed E-state index contributed by atoms with van der Waals surface area (Å²) in [4.78, 5) is 16.2. The van der Waals surface area contributed by atoms with Crippen molar-refractivity contribution in [2.75, 3.05) is 11.1 Å². The van der Waals surface area contributed by atoms with Gasteiger partial charge in [-0.25, -0.2) is 18.2 Å². The quantitative estimate of drug-likeness (QED) is 0.301. The van der Waals surface area contributed by atoms with E-state index in [-0.39, 0.29) is 17.2 Å². The maximum absolute atomic E-state index is 14.5. The van der Waals surface area contributed by atoms with Crippen LogP contribution < -0.4 is 11.1 Å². The Kier molecular flexibility index (Phi) is 5.49. The van der Waals surface area contributed by atoms with Crippen LogP contribution in [0.4, 0.5) is 24.5 Å². The van der Waals surface area contributed by atoms with Crippen molar-refractivity contribution in [3.8, 4) is 27.9 Å². The molecule has 1 amide bonds. The second kappa shape index (κ2) is 8.64. The first-order valence-electron chi connectivity index (χ1n) is 10.7. The van der Waals surface area contributed by atoms with Crippen molar-refractivity contribution in [1.82, 2.24) is 9.55 Å². The largest absolute Gasteiger partial charge is 0.396 e. The number of anilines is 2. The number of nitrogens with one attached hydrogen (secondary N) is 1. The minimum absolute atomic E-state index is 0.0755. The van der Waals surface area contributed by atoms with Crippen LogP contribution in [-0.4, -0.2) is 15.5 Å². The van der Waals surface area contributed by atoms with Crippen LogP contribution >= 0.6 is 0 Å². The molecular formula is C27H19F3N4O. The molecule has 0 spiro atoms. The number of nitrogens with zero attached hydrogens (tertiary/aromatic N) is 2. The third kappa shape index (κ3) is 4.33. The lowest BCUT2D eigenvalue weighted by molar-refractivity contribution is -0.114. The average Bonchev–Trinajstić information content (AvgIpc) is 3.23. The summed E-state index contributed by atoms with van der Waals surface area (Å²) in [5, 5.41) is 2.72. The monoisotopic (exact) mass is 472 g/mol. The number of nitrogen functional groups attached to an aromatic ring is 1. The molecule has 5 rings (SSSR count). The maximum atomic E-state index is 14.5. The molecule has 0 saturated carbocycles. The molecule has 0 bridgehead atoms. The number of carbonyl (C=O) groups is 1. The summed E-state index contributed by atoms with van der Waals surface area (Å²) in [6.07, 6.45) is 1.61. The second-order valence-corrected chi connectivity index (χ2v) is 8.13. The molecule has 174 valence electrons. The summed E-state index contributed by atoms with van der Waals surface area (Å²) in [5.41, 5.74) is 10.2. The molecule has 0 saturated heterocycles. The first-order valence-corrected chi connectivity index (χ1v) is 10.7. The van der Waals surface area contributed by atoms with Gasteiger partial charge in [0.25, 0.3) is 0 Å². The molecule has 1 heterocycles. The predicted molar refractivity (Wildman–Crippen MR) is 131 cm³/mol. The fraction of sp³-hybridized carbons (Fsp3) is 0.0370. The van der Waals surface area contributed by atoms with Crippen LogP contribution in [0.15, 0.2) is 79.1 Å². The third-order valence-corrected chi connectivity index (χ3v) is 5.64. The highest BCUT2D eigenvalue weighted by Crippen LogP contribution is 2.32. The zero-order valence-corrected chi connectivity index (χ0v) is 18.5. The summed E-state index contributed by atoms with van der Waals surface area (Å²) in [7, 11) is 0. The van der Waals surface area contributed by atoms with Crippen LogP contribution in [0.2, 0.25) is 0 Å². The van der Waals surface area contributed by atoms with Gasteiger partial charge in [-0.1, -0.05) is 12.1 Å². The summed E-state index contributed by atoms with van der Waals surface area (Å²) >= 11 is 0. The minimum Gasteiger partial charge on any atom is -0.396 e. The molecule has 3 N–H and O–H groups in total. The Morgan fingerprint density at radius 3 is 2.37 bits per heavy atom.